The second-order valence-corrected chi connectivity index (χ2v) is 5.48. The van der Waals surface area contributed by atoms with Crippen LogP contribution in [0.5, 0.6) is 0 Å². The molecule has 19 heavy (non-hydrogen) atoms. The number of nitro groups is 1. The van der Waals surface area contributed by atoms with E-state index in [4.69, 9.17) is 0 Å². The lowest BCUT2D eigenvalue weighted by atomic mass is 10.3. The number of aromatic nitrogens is 1. The molecule has 0 spiro atoms. The Hall–Kier alpha value is -1.21. The van der Waals surface area contributed by atoms with E-state index in [0.717, 1.165) is 13.0 Å². The predicted molar refractivity (Wildman–Crippen MR) is 79.5 cm³/mol. The van der Waals surface area contributed by atoms with Crippen LogP contribution in [0.3, 0.4) is 0 Å². The van der Waals surface area contributed by atoms with Crippen molar-refractivity contribution in [3.63, 3.8) is 0 Å². The van der Waals surface area contributed by atoms with Crippen LogP contribution in [-0.4, -0.2) is 41.0 Å². The van der Waals surface area contributed by atoms with Gasteiger partial charge in [0.05, 0.1) is 9.40 Å². The lowest BCUT2D eigenvalue weighted by molar-refractivity contribution is -0.384. The zero-order valence-corrected chi connectivity index (χ0v) is 13.0. The van der Waals surface area contributed by atoms with E-state index in [1.807, 2.05) is 0 Å². The van der Waals surface area contributed by atoms with E-state index in [9.17, 15) is 10.1 Å². The van der Waals surface area contributed by atoms with Crippen LogP contribution in [0.2, 0.25) is 0 Å². The molecule has 1 N–H and O–H groups in total. The minimum atomic E-state index is -0.430. The zero-order chi connectivity index (χ0) is 14.4. The summed E-state index contributed by atoms with van der Waals surface area (Å²) in [6.45, 7) is 5.90. The van der Waals surface area contributed by atoms with Gasteiger partial charge in [0.15, 0.2) is 0 Å². The molecule has 0 atom stereocenters. The third kappa shape index (κ3) is 4.76. The van der Waals surface area contributed by atoms with Gasteiger partial charge in [0.2, 0.25) is 0 Å². The number of anilines is 1. The van der Waals surface area contributed by atoms with Crippen molar-refractivity contribution in [1.82, 2.24) is 9.88 Å². The Morgan fingerprint density at radius 1 is 1.53 bits per heavy atom. The van der Waals surface area contributed by atoms with E-state index >= 15 is 0 Å². The fourth-order valence-corrected chi connectivity index (χ4v) is 2.00. The van der Waals surface area contributed by atoms with Crippen molar-refractivity contribution in [2.45, 2.75) is 26.3 Å². The molecule has 0 saturated heterocycles. The molecule has 0 bridgehead atoms. The maximum atomic E-state index is 10.9. The van der Waals surface area contributed by atoms with Crippen molar-refractivity contribution >= 4 is 27.3 Å². The molecule has 0 saturated carbocycles. The van der Waals surface area contributed by atoms with E-state index in [2.05, 4.69) is 52.0 Å². The van der Waals surface area contributed by atoms with Gasteiger partial charge in [-0.25, -0.2) is 0 Å². The summed E-state index contributed by atoms with van der Waals surface area (Å²) in [6, 6.07) is 0.502. The lowest BCUT2D eigenvalue weighted by Gasteiger charge is -2.20. The lowest BCUT2D eigenvalue weighted by Crippen LogP contribution is -2.28. The van der Waals surface area contributed by atoms with Gasteiger partial charge in [-0.15, -0.1) is 0 Å². The minimum absolute atomic E-state index is 0.00779. The topological polar surface area (TPSA) is 71.3 Å². The van der Waals surface area contributed by atoms with E-state index in [0.29, 0.717) is 22.7 Å². The minimum Gasteiger partial charge on any atom is -0.378 e. The van der Waals surface area contributed by atoms with Crippen molar-refractivity contribution in [3.8, 4) is 0 Å². The average Bonchev–Trinajstić information content (AvgIpc) is 2.35. The Morgan fingerprint density at radius 3 is 2.79 bits per heavy atom. The Morgan fingerprint density at radius 2 is 2.21 bits per heavy atom. The van der Waals surface area contributed by atoms with Gasteiger partial charge in [-0.3, -0.25) is 15.1 Å². The SMILES string of the molecule is CC(C)N(C)CCCNc1c(Br)cncc1[N+](=O)[O-]. The molecule has 0 amide bonds. The highest BCUT2D eigenvalue weighted by molar-refractivity contribution is 9.10. The van der Waals surface area contributed by atoms with Gasteiger partial charge in [0.25, 0.3) is 0 Å². The zero-order valence-electron chi connectivity index (χ0n) is 11.4. The summed E-state index contributed by atoms with van der Waals surface area (Å²) in [5, 5.41) is 14.0. The van der Waals surface area contributed by atoms with Crippen LogP contribution in [-0.2, 0) is 0 Å². The Bertz CT molecular complexity index is 440. The van der Waals surface area contributed by atoms with E-state index in [-0.39, 0.29) is 5.69 Å². The first-order valence-corrected chi connectivity index (χ1v) is 6.94. The molecule has 0 radical (unpaired) electrons. The largest absolute Gasteiger partial charge is 0.378 e. The smallest absolute Gasteiger partial charge is 0.311 e. The van der Waals surface area contributed by atoms with Crippen LogP contribution in [0, 0.1) is 10.1 Å². The van der Waals surface area contributed by atoms with E-state index < -0.39 is 4.92 Å². The van der Waals surface area contributed by atoms with Gasteiger partial charge in [-0.2, -0.15) is 0 Å². The molecule has 0 aliphatic carbocycles. The number of nitrogens with one attached hydrogen (secondary N) is 1. The van der Waals surface area contributed by atoms with Gasteiger partial charge in [-0.1, -0.05) is 0 Å². The Kier molecular flexibility index (Phi) is 6.17. The fourth-order valence-electron chi connectivity index (χ4n) is 1.54. The molecule has 0 aliphatic rings. The summed E-state index contributed by atoms with van der Waals surface area (Å²) in [7, 11) is 2.06. The van der Waals surface area contributed by atoms with Crippen molar-refractivity contribution in [2.75, 3.05) is 25.5 Å². The second kappa shape index (κ2) is 7.40. The Balaban J connectivity index is 2.56. The number of pyridine rings is 1. The van der Waals surface area contributed by atoms with Crippen LogP contribution in [0.1, 0.15) is 20.3 Å². The summed E-state index contributed by atoms with van der Waals surface area (Å²) < 4.78 is 0.610. The number of hydrogen-bond acceptors (Lipinski definition) is 5. The van der Waals surface area contributed by atoms with Crippen molar-refractivity contribution in [2.24, 2.45) is 0 Å². The predicted octanol–water partition coefficient (Wildman–Crippen LogP) is 2.89. The van der Waals surface area contributed by atoms with Gasteiger partial charge in [0, 0.05) is 18.8 Å². The molecular formula is C12H19BrN4O2. The summed E-state index contributed by atoms with van der Waals surface area (Å²) in [4.78, 5) is 16.5. The van der Waals surface area contributed by atoms with Crippen LogP contribution in [0.15, 0.2) is 16.9 Å². The summed E-state index contributed by atoms with van der Waals surface area (Å²) in [5.74, 6) is 0. The van der Waals surface area contributed by atoms with Crippen molar-refractivity contribution in [1.29, 1.82) is 0 Å². The molecule has 1 rings (SSSR count). The molecular weight excluding hydrogens is 312 g/mol. The summed E-state index contributed by atoms with van der Waals surface area (Å²) in [5.41, 5.74) is 0.485. The molecule has 1 heterocycles. The summed E-state index contributed by atoms with van der Waals surface area (Å²) >= 11 is 3.28. The van der Waals surface area contributed by atoms with Crippen molar-refractivity contribution < 1.29 is 4.92 Å². The maximum absolute atomic E-state index is 10.9. The standard InChI is InChI=1S/C12H19BrN4O2/c1-9(2)16(3)6-4-5-15-12-10(13)7-14-8-11(12)17(18)19/h7-9H,4-6H2,1-3H3,(H,14,15). The van der Waals surface area contributed by atoms with Crippen LogP contribution >= 0.6 is 15.9 Å². The average molecular weight is 331 g/mol. The first-order valence-electron chi connectivity index (χ1n) is 6.15. The molecule has 1 aromatic heterocycles. The highest BCUT2D eigenvalue weighted by atomic mass is 79.9. The molecule has 0 aliphatic heterocycles. The monoisotopic (exact) mass is 330 g/mol. The molecule has 7 heteroatoms. The van der Waals surface area contributed by atoms with Gasteiger partial charge < -0.3 is 10.2 Å². The highest BCUT2D eigenvalue weighted by Crippen LogP contribution is 2.30. The number of rotatable bonds is 7. The number of halogens is 1. The maximum Gasteiger partial charge on any atom is 0.311 e. The van der Waals surface area contributed by atoms with E-state index in [1.54, 1.807) is 6.20 Å². The van der Waals surface area contributed by atoms with Crippen LogP contribution in [0.25, 0.3) is 0 Å². The second-order valence-electron chi connectivity index (χ2n) is 4.63. The molecule has 0 unspecified atom stereocenters. The van der Waals surface area contributed by atoms with Crippen LogP contribution in [0.4, 0.5) is 11.4 Å². The fraction of sp³-hybridized carbons (Fsp3) is 0.583. The highest BCUT2D eigenvalue weighted by Gasteiger charge is 2.16. The third-order valence-electron chi connectivity index (χ3n) is 2.95. The summed E-state index contributed by atoms with van der Waals surface area (Å²) in [6.07, 6.45) is 3.73. The molecule has 1 aromatic rings. The third-order valence-corrected chi connectivity index (χ3v) is 3.55. The molecule has 106 valence electrons. The molecule has 0 fully saturated rings. The van der Waals surface area contributed by atoms with Gasteiger partial charge in [-0.05, 0) is 49.8 Å². The first kappa shape index (κ1) is 15.8. The van der Waals surface area contributed by atoms with Crippen LogP contribution < -0.4 is 5.32 Å². The first-order chi connectivity index (χ1) is 8.93. The Labute approximate surface area is 121 Å². The van der Waals surface area contributed by atoms with E-state index in [1.165, 1.54) is 6.20 Å². The molecule has 0 aromatic carbocycles. The van der Waals surface area contributed by atoms with Gasteiger partial charge >= 0.3 is 5.69 Å². The normalized spacial score (nSPS) is 11.1. The van der Waals surface area contributed by atoms with Gasteiger partial charge in [0.1, 0.15) is 11.9 Å². The van der Waals surface area contributed by atoms with Crippen molar-refractivity contribution in [3.05, 3.63) is 27.0 Å². The molecule has 6 nitrogen and oxygen atoms in total. The number of nitrogens with zero attached hydrogens (tertiary/aromatic N) is 3. The quantitative estimate of drug-likeness (QED) is 0.473. The number of hydrogen-bond donors (Lipinski definition) is 1.